The topological polar surface area (TPSA) is 49.4 Å². The molecular formula is C18H25ClN2O2. The Bertz CT molecular complexity index is 538. The van der Waals surface area contributed by atoms with Crippen LogP contribution in [0.3, 0.4) is 0 Å². The van der Waals surface area contributed by atoms with Crippen LogP contribution in [0.25, 0.3) is 0 Å². The lowest BCUT2D eigenvalue weighted by atomic mass is 9.89. The summed E-state index contributed by atoms with van der Waals surface area (Å²) < 4.78 is 0. The predicted octanol–water partition coefficient (Wildman–Crippen LogP) is 3.50. The maximum absolute atomic E-state index is 12.4. The molecule has 2 rings (SSSR count). The van der Waals surface area contributed by atoms with Crippen LogP contribution >= 0.6 is 11.6 Å². The molecule has 5 heteroatoms. The monoisotopic (exact) mass is 336 g/mol. The standard InChI is InChI=1S/C18H25ClN2O2/c1-13(20-17(22)15-8-10-16(19)11-9-15)18(23)21(2)12-14-6-4-3-5-7-14/h8-11,13-14H,3-7,12H2,1-2H3,(H,20,22). The third kappa shape index (κ3) is 5.24. The number of nitrogens with one attached hydrogen (secondary N) is 1. The van der Waals surface area contributed by atoms with Gasteiger partial charge in [0.25, 0.3) is 5.91 Å². The van der Waals surface area contributed by atoms with E-state index in [1.54, 1.807) is 36.1 Å². The normalized spacial score (nSPS) is 16.7. The molecule has 4 nitrogen and oxygen atoms in total. The second kappa shape index (κ2) is 8.34. The third-order valence-electron chi connectivity index (χ3n) is 4.46. The number of benzene rings is 1. The largest absolute Gasteiger partial charge is 0.344 e. The highest BCUT2D eigenvalue weighted by Gasteiger charge is 2.23. The molecule has 0 aliphatic heterocycles. The molecule has 1 fully saturated rings. The van der Waals surface area contributed by atoms with Crippen molar-refractivity contribution >= 4 is 23.4 Å². The molecule has 1 saturated carbocycles. The van der Waals surface area contributed by atoms with E-state index in [-0.39, 0.29) is 11.8 Å². The Labute approximate surface area is 143 Å². The molecule has 0 saturated heterocycles. The van der Waals surface area contributed by atoms with Crippen LogP contribution in [0, 0.1) is 5.92 Å². The molecular weight excluding hydrogens is 312 g/mol. The zero-order chi connectivity index (χ0) is 16.8. The van der Waals surface area contributed by atoms with Crippen LogP contribution in [0.1, 0.15) is 49.4 Å². The average molecular weight is 337 g/mol. The van der Waals surface area contributed by atoms with Crippen molar-refractivity contribution in [2.75, 3.05) is 13.6 Å². The fraction of sp³-hybridized carbons (Fsp3) is 0.556. The molecule has 1 aromatic carbocycles. The van der Waals surface area contributed by atoms with Gasteiger partial charge >= 0.3 is 0 Å². The van der Waals surface area contributed by atoms with Crippen molar-refractivity contribution in [3.05, 3.63) is 34.9 Å². The van der Waals surface area contributed by atoms with E-state index in [0.717, 1.165) is 6.54 Å². The predicted molar refractivity (Wildman–Crippen MR) is 92.6 cm³/mol. The lowest BCUT2D eigenvalue weighted by Gasteiger charge is -2.29. The first kappa shape index (κ1) is 17.8. The summed E-state index contributed by atoms with van der Waals surface area (Å²) in [5.74, 6) is 0.295. The number of carbonyl (C=O) groups excluding carboxylic acids is 2. The van der Waals surface area contributed by atoms with E-state index in [9.17, 15) is 9.59 Å². The van der Waals surface area contributed by atoms with Crippen molar-refractivity contribution in [2.24, 2.45) is 5.92 Å². The number of likely N-dealkylation sites (N-methyl/N-ethyl adjacent to an activating group) is 1. The Morgan fingerprint density at radius 3 is 2.43 bits per heavy atom. The van der Waals surface area contributed by atoms with Gasteiger partial charge in [-0.15, -0.1) is 0 Å². The van der Waals surface area contributed by atoms with E-state index in [2.05, 4.69) is 5.32 Å². The van der Waals surface area contributed by atoms with Gasteiger partial charge in [0.05, 0.1) is 0 Å². The summed E-state index contributed by atoms with van der Waals surface area (Å²) in [6.07, 6.45) is 6.22. The van der Waals surface area contributed by atoms with Crippen LogP contribution in [0.15, 0.2) is 24.3 Å². The Kier molecular flexibility index (Phi) is 6.46. The summed E-state index contributed by atoms with van der Waals surface area (Å²) in [5.41, 5.74) is 0.504. The number of nitrogens with zero attached hydrogens (tertiary/aromatic N) is 1. The van der Waals surface area contributed by atoms with Crippen molar-refractivity contribution in [3.63, 3.8) is 0 Å². The fourth-order valence-corrected chi connectivity index (χ4v) is 3.25. The van der Waals surface area contributed by atoms with Crippen LogP contribution in [0.2, 0.25) is 5.02 Å². The molecule has 1 unspecified atom stereocenters. The van der Waals surface area contributed by atoms with Crippen molar-refractivity contribution in [1.29, 1.82) is 0 Å². The van der Waals surface area contributed by atoms with Crippen molar-refractivity contribution in [1.82, 2.24) is 10.2 Å². The first-order valence-electron chi connectivity index (χ1n) is 8.29. The molecule has 0 aromatic heterocycles. The zero-order valence-electron chi connectivity index (χ0n) is 13.8. The van der Waals surface area contributed by atoms with Gasteiger partial charge < -0.3 is 10.2 Å². The molecule has 23 heavy (non-hydrogen) atoms. The first-order valence-corrected chi connectivity index (χ1v) is 8.66. The Hall–Kier alpha value is -1.55. The van der Waals surface area contributed by atoms with E-state index in [4.69, 9.17) is 11.6 Å². The Morgan fingerprint density at radius 2 is 1.83 bits per heavy atom. The molecule has 0 heterocycles. The minimum atomic E-state index is -0.535. The summed E-state index contributed by atoms with van der Waals surface area (Å²) in [6.45, 7) is 2.51. The molecule has 1 aliphatic rings. The minimum absolute atomic E-state index is 0.0436. The molecule has 0 radical (unpaired) electrons. The summed E-state index contributed by atoms with van der Waals surface area (Å²) in [7, 11) is 1.82. The molecule has 1 N–H and O–H groups in total. The molecule has 0 spiro atoms. The van der Waals surface area contributed by atoms with Crippen LogP contribution in [-0.2, 0) is 4.79 Å². The van der Waals surface area contributed by atoms with Gasteiger partial charge in [-0.1, -0.05) is 30.9 Å². The van der Waals surface area contributed by atoms with Crippen LogP contribution in [0.5, 0.6) is 0 Å². The van der Waals surface area contributed by atoms with Gasteiger partial charge in [-0.25, -0.2) is 0 Å². The highest BCUT2D eigenvalue weighted by Crippen LogP contribution is 2.24. The van der Waals surface area contributed by atoms with Gasteiger partial charge in [-0.05, 0) is 49.9 Å². The second-order valence-corrected chi connectivity index (χ2v) is 6.86. The SMILES string of the molecule is CC(NC(=O)c1ccc(Cl)cc1)C(=O)N(C)CC1CCCCC1. The summed E-state index contributed by atoms with van der Waals surface area (Å²) >= 11 is 5.81. The van der Waals surface area contributed by atoms with Crippen molar-refractivity contribution < 1.29 is 9.59 Å². The number of hydrogen-bond donors (Lipinski definition) is 1. The highest BCUT2D eigenvalue weighted by molar-refractivity contribution is 6.30. The fourth-order valence-electron chi connectivity index (χ4n) is 3.12. The molecule has 1 aliphatic carbocycles. The lowest BCUT2D eigenvalue weighted by Crippen LogP contribution is -2.46. The van der Waals surface area contributed by atoms with Gasteiger partial charge in [-0.3, -0.25) is 9.59 Å². The van der Waals surface area contributed by atoms with Gasteiger partial charge in [0, 0.05) is 24.2 Å². The molecule has 2 amide bonds. The third-order valence-corrected chi connectivity index (χ3v) is 4.71. The van der Waals surface area contributed by atoms with Crippen molar-refractivity contribution in [2.45, 2.75) is 45.1 Å². The quantitative estimate of drug-likeness (QED) is 0.894. The van der Waals surface area contributed by atoms with Gasteiger partial charge in [0.2, 0.25) is 5.91 Å². The Morgan fingerprint density at radius 1 is 1.22 bits per heavy atom. The summed E-state index contributed by atoms with van der Waals surface area (Å²) in [5, 5.41) is 3.34. The molecule has 0 bridgehead atoms. The molecule has 126 valence electrons. The minimum Gasteiger partial charge on any atom is -0.344 e. The van der Waals surface area contributed by atoms with Gasteiger partial charge in [0.15, 0.2) is 0 Å². The average Bonchev–Trinajstić information content (AvgIpc) is 2.55. The van der Waals surface area contributed by atoms with E-state index in [1.807, 2.05) is 7.05 Å². The highest BCUT2D eigenvalue weighted by atomic mass is 35.5. The van der Waals surface area contributed by atoms with Crippen LogP contribution in [-0.4, -0.2) is 36.3 Å². The smallest absolute Gasteiger partial charge is 0.251 e. The maximum atomic E-state index is 12.4. The van der Waals surface area contributed by atoms with Gasteiger partial charge in [0.1, 0.15) is 6.04 Å². The number of amides is 2. The van der Waals surface area contributed by atoms with E-state index in [1.165, 1.54) is 32.1 Å². The van der Waals surface area contributed by atoms with Crippen molar-refractivity contribution in [3.8, 4) is 0 Å². The van der Waals surface area contributed by atoms with Crippen LogP contribution in [0.4, 0.5) is 0 Å². The molecule has 1 atom stereocenters. The first-order chi connectivity index (χ1) is 11.0. The summed E-state index contributed by atoms with van der Waals surface area (Å²) in [6, 6.07) is 6.10. The van der Waals surface area contributed by atoms with Crippen LogP contribution < -0.4 is 5.32 Å². The van der Waals surface area contributed by atoms with E-state index < -0.39 is 6.04 Å². The zero-order valence-corrected chi connectivity index (χ0v) is 14.6. The Balaban J connectivity index is 1.85. The number of rotatable bonds is 5. The van der Waals surface area contributed by atoms with E-state index >= 15 is 0 Å². The number of hydrogen-bond acceptors (Lipinski definition) is 2. The summed E-state index contributed by atoms with van der Waals surface area (Å²) in [4.78, 5) is 26.3. The second-order valence-electron chi connectivity index (χ2n) is 6.42. The number of halogens is 1. The van der Waals surface area contributed by atoms with E-state index in [0.29, 0.717) is 16.5 Å². The maximum Gasteiger partial charge on any atom is 0.251 e. The number of carbonyl (C=O) groups is 2. The van der Waals surface area contributed by atoms with Gasteiger partial charge in [-0.2, -0.15) is 0 Å². The molecule has 1 aromatic rings. The lowest BCUT2D eigenvalue weighted by molar-refractivity contribution is -0.132.